The molecule has 0 fully saturated rings. The molecular weight excluding hydrogens is 174 g/mol. The molecule has 0 aliphatic heterocycles. The molecule has 5 nitrogen and oxygen atoms in total. The lowest BCUT2D eigenvalue weighted by atomic mass is 10.2. The van der Waals surface area contributed by atoms with Crippen LogP contribution in [0.25, 0.3) is 0 Å². The van der Waals surface area contributed by atoms with E-state index in [1.54, 1.807) is 6.92 Å². The van der Waals surface area contributed by atoms with Crippen molar-refractivity contribution in [2.75, 3.05) is 6.61 Å². The fraction of sp³-hybridized carbons (Fsp3) is 0.750. The number of amides is 1. The van der Waals surface area contributed by atoms with Gasteiger partial charge in [-0.3, -0.25) is 4.79 Å². The number of aliphatic hydroxyl groups excluding tert-OH is 1. The Hall–Kier alpha value is -1.10. The molecule has 0 unspecified atom stereocenters. The van der Waals surface area contributed by atoms with Crippen LogP contribution in [0.3, 0.4) is 0 Å². The first-order chi connectivity index (χ1) is 5.99. The van der Waals surface area contributed by atoms with Gasteiger partial charge in [0.15, 0.2) is 6.04 Å². The van der Waals surface area contributed by atoms with Crippen LogP contribution in [0, 0.1) is 0 Å². The predicted molar refractivity (Wildman–Crippen MR) is 45.9 cm³/mol. The van der Waals surface area contributed by atoms with Crippen LogP contribution in [-0.2, 0) is 14.3 Å². The summed E-state index contributed by atoms with van der Waals surface area (Å²) in [4.78, 5) is 21.8. The average molecular weight is 189 g/mol. The van der Waals surface area contributed by atoms with E-state index in [1.807, 2.05) is 0 Å². The van der Waals surface area contributed by atoms with Crippen molar-refractivity contribution >= 4 is 11.9 Å². The largest absolute Gasteiger partial charge is 0.464 e. The molecule has 5 heteroatoms. The summed E-state index contributed by atoms with van der Waals surface area (Å²) in [6.07, 6.45) is -0.956. The summed E-state index contributed by atoms with van der Waals surface area (Å²) in [6.45, 7) is 4.57. The SMILES string of the molecule is CCOC(=O)[C@H](NC(C)=O)[C@@H](C)O. The Morgan fingerprint density at radius 3 is 2.38 bits per heavy atom. The molecule has 13 heavy (non-hydrogen) atoms. The maximum absolute atomic E-state index is 11.1. The summed E-state index contributed by atoms with van der Waals surface area (Å²) < 4.78 is 4.65. The van der Waals surface area contributed by atoms with E-state index in [0.717, 1.165) is 0 Å². The highest BCUT2D eigenvalue weighted by Gasteiger charge is 2.25. The fourth-order valence-electron chi connectivity index (χ4n) is 0.827. The van der Waals surface area contributed by atoms with Gasteiger partial charge in [0, 0.05) is 6.92 Å². The van der Waals surface area contributed by atoms with Gasteiger partial charge < -0.3 is 15.2 Å². The minimum Gasteiger partial charge on any atom is -0.464 e. The van der Waals surface area contributed by atoms with Crippen LogP contribution in [0.2, 0.25) is 0 Å². The molecule has 0 aromatic carbocycles. The topological polar surface area (TPSA) is 75.6 Å². The Labute approximate surface area is 77.1 Å². The Morgan fingerprint density at radius 1 is 1.54 bits per heavy atom. The summed E-state index contributed by atoms with van der Waals surface area (Å²) in [7, 11) is 0. The molecule has 0 spiro atoms. The molecule has 0 aliphatic carbocycles. The van der Waals surface area contributed by atoms with Crippen molar-refractivity contribution in [1.82, 2.24) is 5.32 Å². The lowest BCUT2D eigenvalue weighted by Gasteiger charge is -2.18. The molecule has 0 bridgehead atoms. The number of ether oxygens (including phenoxy) is 1. The van der Waals surface area contributed by atoms with Gasteiger partial charge >= 0.3 is 5.97 Å². The van der Waals surface area contributed by atoms with E-state index in [2.05, 4.69) is 10.1 Å². The molecule has 2 atom stereocenters. The van der Waals surface area contributed by atoms with Gasteiger partial charge in [0.25, 0.3) is 0 Å². The van der Waals surface area contributed by atoms with Crippen molar-refractivity contribution in [2.24, 2.45) is 0 Å². The third-order valence-electron chi connectivity index (χ3n) is 1.38. The van der Waals surface area contributed by atoms with Gasteiger partial charge in [-0.25, -0.2) is 4.79 Å². The highest BCUT2D eigenvalue weighted by Crippen LogP contribution is 1.96. The second-order valence-corrected chi connectivity index (χ2v) is 2.67. The van der Waals surface area contributed by atoms with Gasteiger partial charge in [0.2, 0.25) is 5.91 Å². The molecule has 0 aliphatic rings. The monoisotopic (exact) mass is 189 g/mol. The van der Waals surface area contributed by atoms with Crippen LogP contribution in [0.15, 0.2) is 0 Å². The van der Waals surface area contributed by atoms with E-state index in [-0.39, 0.29) is 12.5 Å². The van der Waals surface area contributed by atoms with Crippen molar-refractivity contribution in [1.29, 1.82) is 0 Å². The molecule has 0 heterocycles. The van der Waals surface area contributed by atoms with Gasteiger partial charge in [-0.2, -0.15) is 0 Å². The number of aliphatic hydroxyl groups is 1. The van der Waals surface area contributed by atoms with Gasteiger partial charge in [-0.1, -0.05) is 0 Å². The minimum absolute atomic E-state index is 0.224. The zero-order chi connectivity index (χ0) is 10.4. The highest BCUT2D eigenvalue weighted by atomic mass is 16.5. The number of carbonyl (C=O) groups is 2. The first-order valence-electron chi connectivity index (χ1n) is 4.10. The molecule has 1 amide bonds. The van der Waals surface area contributed by atoms with Gasteiger partial charge in [0.05, 0.1) is 12.7 Å². The maximum Gasteiger partial charge on any atom is 0.331 e. The highest BCUT2D eigenvalue weighted by molar-refractivity contribution is 5.83. The summed E-state index contributed by atoms with van der Waals surface area (Å²) >= 11 is 0. The lowest BCUT2D eigenvalue weighted by molar-refractivity contribution is -0.150. The zero-order valence-electron chi connectivity index (χ0n) is 8.03. The van der Waals surface area contributed by atoms with E-state index in [0.29, 0.717) is 0 Å². The number of hydrogen-bond donors (Lipinski definition) is 2. The van der Waals surface area contributed by atoms with Crippen molar-refractivity contribution in [2.45, 2.75) is 32.9 Å². The molecule has 0 aromatic rings. The van der Waals surface area contributed by atoms with Crippen LogP contribution in [0.1, 0.15) is 20.8 Å². The lowest BCUT2D eigenvalue weighted by Crippen LogP contribution is -2.47. The van der Waals surface area contributed by atoms with Crippen molar-refractivity contribution in [3.63, 3.8) is 0 Å². The predicted octanol–water partition coefficient (Wildman–Crippen LogP) is -0.565. The quantitative estimate of drug-likeness (QED) is 0.581. The molecule has 76 valence electrons. The maximum atomic E-state index is 11.1. The van der Waals surface area contributed by atoms with Crippen LogP contribution < -0.4 is 5.32 Å². The minimum atomic E-state index is -0.975. The number of carbonyl (C=O) groups excluding carboxylic acids is 2. The average Bonchev–Trinajstić information content (AvgIpc) is 1.99. The van der Waals surface area contributed by atoms with E-state index in [9.17, 15) is 9.59 Å². The van der Waals surface area contributed by atoms with Crippen LogP contribution in [0.4, 0.5) is 0 Å². The van der Waals surface area contributed by atoms with Gasteiger partial charge in [0.1, 0.15) is 0 Å². The fourth-order valence-corrected chi connectivity index (χ4v) is 0.827. The first kappa shape index (κ1) is 11.9. The molecule has 0 saturated heterocycles. The molecule has 0 aromatic heterocycles. The second kappa shape index (κ2) is 5.53. The van der Waals surface area contributed by atoms with Crippen molar-refractivity contribution in [3.8, 4) is 0 Å². The smallest absolute Gasteiger partial charge is 0.331 e. The Kier molecular flexibility index (Phi) is 5.06. The van der Waals surface area contributed by atoms with Crippen LogP contribution in [0.5, 0.6) is 0 Å². The molecule has 0 rings (SSSR count). The van der Waals surface area contributed by atoms with E-state index in [4.69, 9.17) is 5.11 Å². The molecule has 2 N–H and O–H groups in total. The van der Waals surface area contributed by atoms with Crippen molar-refractivity contribution < 1.29 is 19.4 Å². The summed E-state index contributed by atoms with van der Waals surface area (Å²) in [5.74, 6) is -0.994. The van der Waals surface area contributed by atoms with Gasteiger partial charge in [-0.05, 0) is 13.8 Å². The number of hydrogen-bond acceptors (Lipinski definition) is 4. The summed E-state index contributed by atoms with van der Waals surface area (Å²) in [5, 5.41) is 11.4. The number of nitrogens with one attached hydrogen (secondary N) is 1. The third-order valence-corrected chi connectivity index (χ3v) is 1.38. The van der Waals surface area contributed by atoms with Crippen LogP contribution >= 0.6 is 0 Å². The van der Waals surface area contributed by atoms with E-state index >= 15 is 0 Å². The van der Waals surface area contributed by atoms with Crippen LogP contribution in [-0.4, -0.2) is 35.7 Å². The Morgan fingerprint density at radius 2 is 2.08 bits per heavy atom. The second-order valence-electron chi connectivity index (χ2n) is 2.67. The Bertz CT molecular complexity index is 191. The van der Waals surface area contributed by atoms with Crippen molar-refractivity contribution in [3.05, 3.63) is 0 Å². The number of esters is 1. The summed E-state index contributed by atoms with van der Waals surface area (Å²) in [6, 6.07) is -0.975. The Balaban J connectivity index is 4.24. The molecule has 0 radical (unpaired) electrons. The molecular formula is C8H15NO4. The zero-order valence-corrected chi connectivity index (χ0v) is 8.03. The van der Waals surface area contributed by atoms with Gasteiger partial charge in [-0.15, -0.1) is 0 Å². The first-order valence-corrected chi connectivity index (χ1v) is 4.10. The number of rotatable bonds is 4. The standard InChI is InChI=1S/C8H15NO4/c1-4-13-8(12)7(5(2)10)9-6(3)11/h5,7,10H,4H2,1-3H3,(H,9,11)/t5-,7-/m1/s1. The summed E-state index contributed by atoms with van der Waals surface area (Å²) in [5.41, 5.74) is 0. The van der Waals surface area contributed by atoms with E-state index in [1.165, 1.54) is 13.8 Å². The normalized spacial score (nSPS) is 14.5. The third kappa shape index (κ3) is 4.47. The van der Waals surface area contributed by atoms with E-state index < -0.39 is 18.1 Å². The molecule has 0 saturated carbocycles.